The van der Waals surface area contributed by atoms with Crippen molar-refractivity contribution in [2.45, 2.75) is 25.3 Å². The maximum absolute atomic E-state index is 13.7. The zero-order valence-electron chi connectivity index (χ0n) is 12.8. The molecule has 0 saturated carbocycles. The highest BCUT2D eigenvalue weighted by molar-refractivity contribution is 7.89. The van der Waals surface area contributed by atoms with Crippen molar-refractivity contribution >= 4 is 10.0 Å². The normalized spacial score (nSPS) is 11.8. The van der Waals surface area contributed by atoms with E-state index in [1.807, 2.05) is 0 Å². The minimum Gasteiger partial charge on any atom is -0.360 e. The molecule has 0 radical (unpaired) electrons. The summed E-state index contributed by atoms with van der Waals surface area (Å²) in [6.45, 7) is 2.78. The third kappa shape index (κ3) is 3.05. The van der Waals surface area contributed by atoms with Gasteiger partial charge in [-0.15, -0.1) is 0 Å². The minimum absolute atomic E-state index is 0.00332. The monoisotopic (exact) mass is 352 g/mol. The molecule has 0 aliphatic heterocycles. The molecule has 1 N–H and O–H groups in total. The number of halogens is 1. The van der Waals surface area contributed by atoms with E-state index >= 15 is 0 Å². The van der Waals surface area contributed by atoms with Gasteiger partial charge in [-0.3, -0.25) is 0 Å². The minimum atomic E-state index is -3.85. The first-order valence-electron chi connectivity index (χ1n) is 6.88. The molecule has 0 spiro atoms. The van der Waals surface area contributed by atoms with Crippen molar-refractivity contribution in [1.29, 1.82) is 0 Å². The Balaban J connectivity index is 1.78. The van der Waals surface area contributed by atoms with Gasteiger partial charge in [-0.25, -0.2) is 17.5 Å². The molecule has 0 atom stereocenters. The lowest BCUT2D eigenvalue weighted by molar-refractivity contribution is 0.375. The fraction of sp³-hybridized carbons (Fsp3) is 0.214. The van der Waals surface area contributed by atoms with Crippen LogP contribution in [-0.4, -0.2) is 23.7 Å². The Kier molecular flexibility index (Phi) is 4.16. The zero-order chi connectivity index (χ0) is 17.3. The number of nitrogens with zero attached hydrogens (tertiary/aromatic N) is 3. The molecule has 126 valence electrons. The molecule has 0 saturated heterocycles. The van der Waals surface area contributed by atoms with Gasteiger partial charge in [0.1, 0.15) is 16.4 Å². The van der Waals surface area contributed by atoms with Gasteiger partial charge in [-0.05, 0) is 26.0 Å². The van der Waals surface area contributed by atoms with Gasteiger partial charge < -0.3 is 9.05 Å². The number of sulfonamides is 1. The molecule has 3 rings (SSSR count). The first-order valence-corrected chi connectivity index (χ1v) is 8.37. The average molecular weight is 352 g/mol. The van der Waals surface area contributed by atoms with E-state index in [1.54, 1.807) is 6.07 Å². The molecule has 0 amide bonds. The summed E-state index contributed by atoms with van der Waals surface area (Å²) in [6, 6.07) is 5.94. The molecule has 0 aliphatic carbocycles. The molecular formula is C14H13FN4O4S. The number of nitrogens with one attached hydrogen (secondary N) is 1. The van der Waals surface area contributed by atoms with Gasteiger partial charge in [0.2, 0.25) is 21.7 Å². The molecule has 24 heavy (non-hydrogen) atoms. The van der Waals surface area contributed by atoms with Gasteiger partial charge in [0.25, 0.3) is 0 Å². The molecule has 10 heteroatoms. The lowest BCUT2D eigenvalue weighted by atomic mass is 10.2. The van der Waals surface area contributed by atoms with Crippen LogP contribution in [-0.2, 0) is 16.6 Å². The van der Waals surface area contributed by atoms with Crippen LogP contribution < -0.4 is 4.72 Å². The molecule has 3 aromatic rings. The number of aryl methyl sites for hydroxylation is 2. The van der Waals surface area contributed by atoms with Crippen molar-refractivity contribution in [3.8, 4) is 11.4 Å². The maximum atomic E-state index is 13.7. The second kappa shape index (κ2) is 6.13. The smallest absolute Gasteiger partial charge is 0.246 e. The Hall–Kier alpha value is -2.59. The summed E-state index contributed by atoms with van der Waals surface area (Å²) in [4.78, 5) is 3.96. The van der Waals surface area contributed by atoms with Gasteiger partial charge in [0.05, 0.1) is 12.1 Å². The number of benzene rings is 1. The van der Waals surface area contributed by atoms with Crippen LogP contribution in [0.1, 0.15) is 17.3 Å². The van der Waals surface area contributed by atoms with Crippen molar-refractivity contribution in [3.05, 3.63) is 47.4 Å². The fourth-order valence-electron chi connectivity index (χ4n) is 2.17. The molecule has 2 heterocycles. The van der Waals surface area contributed by atoms with Crippen LogP contribution in [0.15, 0.2) is 38.2 Å². The van der Waals surface area contributed by atoms with Gasteiger partial charge >= 0.3 is 0 Å². The Labute approximate surface area is 136 Å². The second-order valence-electron chi connectivity index (χ2n) is 4.97. The quantitative estimate of drug-likeness (QED) is 0.747. The van der Waals surface area contributed by atoms with Crippen LogP contribution >= 0.6 is 0 Å². The molecular weight excluding hydrogens is 339 g/mol. The SMILES string of the molecule is Cc1noc(C)c1S(=O)(=O)NCc1nc(-c2ccccc2F)no1. The van der Waals surface area contributed by atoms with Gasteiger partial charge in [-0.1, -0.05) is 22.4 Å². The summed E-state index contributed by atoms with van der Waals surface area (Å²) in [5, 5.41) is 7.26. The van der Waals surface area contributed by atoms with E-state index in [1.165, 1.54) is 32.0 Å². The Morgan fingerprint density at radius 1 is 1.17 bits per heavy atom. The lowest BCUT2D eigenvalue weighted by Gasteiger charge is -2.03. The van der Waals surface area contributed by atoms with E-state index in [0.29, 0.717) is 0 Å². The van der Waals surface area contributed by atoms with E-state index < -0.39 is 15.8 Å². The Bertz CT molecular complexity index is 961. The van der Waals surface area contributed by atoms with Crippen LogP contribution in [0.4, 0.5) is 4.39 Å². The van der Waals surface area contributed by atoms with Crippen LogP contribution in [0.5, 0.6) is 0 Å². The molecule has 2 aromatic heterocycles. The van der Waals surface area contributed by atoms with E-state index in [2.05, 4.69) is 20.0 Å². The average Bonchev–Trinajstić information content (AvgIpc) is 3.13. The first-order chi connectivity index (χ1) is 11.4. The summed E-state index contributed by atoms with van der Waals surface area (Å²) in [7, 11) is -3.85. The van der Waals surface area contributed by atoms with Crippen LogP contribution in [0.3, 0.4) is 0 Å². The molecule has 8 nitrogen and oxygen atoms in total. The van der Waals surface area contributed by atoms with E-state index in [4.69, 9.17) is 9.05 Å². The van der Waals surface area contributed by atoms with E-state index in [9.17, 15) is 12.8 Å². The van der Waals surface area contributed by atoms with E-state index in [0.717, 1.165) is 0 Å². The maximum Gasteiger partial charge on any atom is 0.246 e. The number of hydrogen-bond donors (Lipinski definition) is 1. The van der Waals surface area contributed by atoms with E-state index in [-0.39, 0.29) is 40.2 Å². The van der Waals surface area contributed by atoms with Crippen molar-refractivity contribution in [3.63, 3.8) is 0 Å². The summed E-state index contributed by atoms with van der Waals surface area (Å²) < 4.78 is 50.4. The van der Waals surface area contributed by atoms with Crippen molar-refractivity contribution in [1.82, 2.24) is 20.0 Å². The largest absolute Gasteiger partial charge is 0.360 e. The Morgan fingerprint density at radius 2 is 1.92 bits per heavy atom. The third-order valence-corrected chi connectivity index (χ3v) is 4.88. The topological polar surface area (TPSA) is 111 Å². The number of rotatable bonds is 5. The second-order valence-corrected chi connectivity index (χ2v) is 6.67. The molecule has 0 fully saturated rings. The summed E-state index contributed by atoms with van der Waals surface area (Å²) in [5.74, 6) is -0.276. The first kappa shape index (κ1) is 16.3. The third-order valence-electron chi connectivity index (χ3n) is 3.23. The fourth-order valence-corrected chi connectivity index (χ4v) is 3.47. The van der Waals surface area contributed by atoms with Crippen LogP contribution in [0.25, 0.3) is 11.4 Å². The predicted octanol–water partition coefficient (Wildman–Crippen LogP) is 1.96. The van der Waals surface area contributed by atoms with Crippen molar-refractivity contribution in [2.75, 3.05) is 0 Å². The van der Waals surface area contributed by atoms with Gasteiger partial charge in [0.15, 0.2) is 5.76 Å². The lowest BCUT2D eigenvalue weighted by Crippen LogP contribution is -2.24. The summed E-state index contributed by atoms with van der Waals surface area (Å²) in [6.07, 6.45) is 0. The highest BCUT2D eigenvalue weighted by Crippen LogP contribution is 2.20. The Morgan fingerprint density at radius 3 is 2.58 bits per heavy atom. The molecule has 0 unspecified atom stereocenters. The molecule has 0 bridgehead atoms. The van der Waals surface area contributed by atoms with Crippen LogP contribution in [0.2, 0.25) is 0 Å². The predicted molar refractivity (Wildman–Crippen MR) is 79.7 cm³/mol. The molecule has 0 aliphatic rings. The van der Waals surface area contributed by atoms with Crippen molar-refractivity contribution in [2.24, 2.45) is 0 Å². The van der Waals surface area contributed by atoms with Crippen molar-refractivity contribution < 1.29 is 21.9 Å². The van der Waals surface area contributed by atoms with Gasteiger partial charge in [-0.2, -0.15) is 4.98 Å². The number of aromatic nitrogens is 3. The summed E-state index contributed by atoms with van der Waals surface area (Å²) >= 11 is 0. The molecule has 1 aromatic carbocycles. The highest BCUT2D eigenvalue weighted by Gasteiger charge is 2.24. The standard InChI is InChI=1S/C14H13FN4O4S/c1-8-13(9(2)22-18-8)24(20,21)16-7-12-17-14(19-23-12)10-5-3-4-6-11(10)15/h3-6,16H,7H2,1-2H3. The zero-order valence-corrected chi connectivity index (χ0v) is 13.6. The van der Waals surface area contributed by atoms with Gasteiger partial charge in [0, 0.05) is 0 Å². The number of hydrogen-bond acceptors (Lipinski definition) is 7. The summed E-state index contributed by atoms with van der Waals surface area (Å²) in [5.41, 5.74) is 0.415. The van der Waals surface area contributed by atoms with Crippen LogP contribution in [0, 0.1) is 19.7 Å². The highest BCUT2D eigenvalue weighted by atomic mass is 32.2.